The molecule has 0 saturated heterocycles. The van der Waals surface area contributed by atoms with E-state index in [9.17, 15) is 4.79 Å². The minimum atomic E-state index is 0.498. The number of rotatable bonds is 4. The Morgan fingerprint density at radius 2 is 2.06 bits per heavy atom. The van der Waals surface area contributed by atoms with Gasteiger partial charge in [-0.05, 0) is 19.1 Å². The molecule has 0 fully saturated rings. The highest BCUT2D eigenvalue weighted by Crippen LogP contribution is 2.27. The van der Waals surface area contributed by atoms with E-state index in [4.69, 9.17) is 4.74 Å². The maximum absolute atomic E-state index is 10.6. The van der Waals surface area contributed by atoms with Crippen molar-refractivity contribution in [3.05, 3.63) is 35.9 Å². The largest absolute Gasteiger partial charge is 0.480 e. The Labute approximate surface area is 99.0 Å². The second-order valence-electron chi connectivity index (χ2n) is 3.49. The van der Waals surface area contributed by atoms with Gasteiger partial charge < -0.3 is 10.1 Å². The highest BCUT2D eigenvalue weighted by atomic mass is 16.5. The van der Waals surface area contributed by atoms with E-state index in [0.717, 1.165) is 11.3 Å². The first-order chi connectivity index (χ1) is 8.27. The number of ether oxygens (including phenoxy) is 1. The number of carbonyl (C=O) groups excluding carboxylic acids is 1. The van der Waals surface area contributed by atoms with Crippen LogP contribution in [0.4, 0.5) is 5.82 Å². The second-order valence-corrected chi connectivity index (χ2v) is 3.49. The van der Waals surface area contributed by atoms with Crippen molar-refractivity contribution in [2.45, 2.75) is 6.92 Å². The third-order valence-electron chi connectivity index (χ3n) is 2.47. The number of hydrogen-bond acceptors (Lipinski definition) is 3. The Hall–Kier alpha value is -2.30. The van der Waals surface area contributed by atoms with Crippen LogP contribution in [0, 0.1) is 6.92 Å². The Bertz CT molecular complexity index is 520. The molecule has 1 aromatic carbocycles. The number of nitrogens with one attached hydrogen (secondary N) is 1. The van der Waals surface area contributed by atoms with Crippen molar-refractivity contribution in [3.8, 4) is 11.6 Å². The first kappa shape index (κ1) is 11.2. The Balaban J connectivity index is 2.56. The summed E-state index contributed by atoms with van der Waals surface area (Å²) >= 11 is 0. The second kappa shape index (κ2) is 4.69. The van der Waals surface area contributed by atoms with Crippen molar-refractivity contribution in [2.75, 3.05) is 12.4 Å². The summed E-state index contributed by atoms with van der Waals surface area (Å²) in [6.07, 6.45) is 0.628. The smallest absolute Gasteiger partial charge is 0.238 e. The predicted molar refractivity (Wildman–Crippen MR) is 64.5 cm³/mol. The van der Waals surface area contributed by atoms with Gasteiger partial charge in [0.05, 0.1) is 18.4 Å². The Morgan fingerprint density at radius 3 is 2.65 bits per heavy atom. The van der Waals surface area contributed by atoms with Crippen molar-refractivity contribution in [1.29, 1.82) is 0 Å². The molecule has 1 amide bonds. The molecule has 0 aliphatic rings. The van der Waals surface area contributed by atoms with Crippen LogP contribution in [0.1, 0.15) is 5.56 Å². The van der Waals surface area contributed by atoms with E-state index in [2.05, 4.69) is 10.4 Å². The number of carbonyl (C=O) groups is 1. The van der Waals surface area contributed by atoms with Gasteiger partial charge in [0.2, 0.25) is 12.3 Å². The van der Waals surface area contributed by atoms with E-state index < -0.39 is 0 Å². The monoisotopic (exact) mass is 231 g/mol. The number of anilines is 1. The van der Waals surface area contributed by atoms with Crippen LogP contribution in [-0.2, 0) is 4.79 Å². The van der Waals surface area contributed by atoms with Gasteiger partial charge in [0.15, 0.2) is 0 Å². The van der Waals surface area contributed by atoms with E-state index in [-0.39, 0.29) is 0 Å². The zero-order chi connectivity index (χ0) is 12.3. The number of aromatic nitrogens is 2. The average Bonchev–Trinajstić information content (AvgIpc) is 2.69. The molecule has 0 spiro atoms. The van der Waals surface area contributed by atoms with E-state index in [1.807, 2.05) is 37.3 Å². The summed E-state index contributed by atoms with van der Waals surface area (Å²) in [5.74, 6) is 1.11. The van der Waals surface area contributed by atoms with E-state index in [1.165, 1.54) is 0 Å². The van der Waals surface area contributed by atoms with E-state index in [0.29, 0.717) is 18.1 Å². The van der Waals surface area contributed by atoms with Crippen LogP contribution in [0.5, 0.6) is 5.88 Å². The maximum atomic E-state index is 10.6. The number of benzene rings is 1. The maximum Gasteiger partial charge on any atom is 0.238 e. The summed E-state index contributed by atoms with van der Waals surface area (Å²) in [6.45, 7) is 1.84. The highest BCUT2D eigenvalue weighted by Gasteiger charge is 2.15. The molecule has 1 heterocycles. The normalized spacial score (nSPS) is 10.0. The van der Waals surface area contributed by atoms with E-state index in [1.54, 1.807) is 11.8 Å². The number of hydrogen-bond donors (Lipinski definition) is 1. The van der Waals surface area contributed by atoms with Gasteiger partial charge in [0, 0.05) is 0 Å². The number of methoxy groups -OCH3 is 1. The zero-order valence-electron chi connectivity index (χ0n) is 9.68. The lowest BCUT2D eigenvalue weighted by Crippen LogP contribution is -2.05. The van der Waals surface area contributed by atoms with Gasteiger partial charge in [-0.25, -0.2) is 4.68 Å². The topological polar surface area (TPSA) is 56.1 Å². The van der Waals surface area contributed by atoms with Gasteiger partial charge in [0.1, 0.15) is 5.82 Å². The summed E-state index contributed by atoms with van der Waals surface area (Å²) in [5.41, 5.74) is 1.66. The summed E-state index contributed by atoms with van der Waals surface area (Å²) in [6, 6.07) is 9.54. The molecule has 0 radical (unpaired) electrons. The lowest BCUT2D eigenvalue weighted by Gasteiger charge is -2.05. The minimum absolute atomic E-state index is 0.498. The first-order valence-electron chi connectivity index (χ1n) is 5.17. The highest BCUT2D eigenvalue weighted by molar-refractivity contribution is 5.73. The van der Waals surface area contributed by atoms with Crippen LogP contribution in [0.15, 0.2) is 30.3 Å². The van der Waals surface area contributed by atoms with Gasteiger partial charge >= 0.3 is 0 Å². The third kappa shape index (κ3) is 1.99. The molecule has 0 saturated carbocycles. The van der Waals surface area contributed by atoms with Gasteiger partial charge in [-0.1, -0.05) is 18.2 Å². The molecule has 0 aliphatic carbocycles. The van der Waals surface area contributed by atoms with Gasteiger partial charge in [-0.15, -0.1) is 5.10 Å². The van der Waals surface area contributed by atoms with E-state index >= 15 is 0 Å². The predicted octanol–water partition coefficient (Wildman–Crippen LogP) is 1.76. The molecule has 0 atom stereocenters. The molecule has 88 valence electrons. The number of para-hydroxylation sites is 1. The molecular weight excluding hydrogens is 218 g/mol. The quantitative estimate of drug-likeness (QED) is 0.816. The summed E-state index contributed by atoms with van der Waals surface area (Å²) in [5, 5.41) is 6.93. The zero-order valence-corrected chi connectivity index (χ0v) is 9.68. The average molecular weight is 231 g/mol. The van der Waals surface area contributed by atoms with Crippen molar-refractivity contribution in [3.63, 3.8) is 0 Å². The number of amides is 1. The lowest BCUT2D eigenvalue weighted by molar-refractivity contribution is -0.105. The van der Waals surface area contributed by atoms with Crippen LogP contribution in [0.2, 0.25) is 0 Å². The fourth-order valence-corrected chi connectivity index (χ4v) is 1.65. The third-order valence-corrected chi connectivity index (χ3v) is 2.47. The van der Waals surface area contributed by atoms with Crippen LogP contribution < -0.4 is 10.1 Å². The molecule has 0 unspecified atom stereocenters. The van der Waals surface area contributed by atoms with Crippen LogP contribution in [0.3, 0.4) is 0 Å². The molecule has 1 N–H and O–H groups in total. The fourth-order valence-electron chi connectivity index (χ4n) is 1.65. The van der Waals surface area contributed by atoms with Crippen LogP contribution >= 0.6 is 0 Å². The van der Waals surface area contributed by atoms with Crippen LogP contribution in [-0.4, -0.2) is 23.3 Å². The van der Waals surface area contributed by atoms with Crippen molar-refractivity contribution in [1.82, 2.24) is 9.78 Å². The molecule has 5 heteroatoms. The first-order valence-corrected chi connectivity index (χ1v) is 5.17. The van der Waals surface area contributed by atoms with Crippen molar-refractivity contribution >= 4 is 12.2 Å². The molecule has 5 nitrogen and oxygen atoms in total. The molecule has 0 aliphatic heterocycles. The minimum Gasteiger partial charge on any atom is -0.480 e. The summed E-state index contributed by atoms with van der Waals surface area (Å²) < 4.78 is 6.79. The van der Waals surface area contributed by atoms with Gasteiger partial charge in [0.25, 0.3) is 0 Å². The SMILES string of the molecule is COc1nn(-c2ccccc2)c(NC=O)c1C. The van der Waals surface area contributed by atoms with Crippen molar-refractivity contribution < 1.29 is 9.53 Å². The summed E-state index contributed by atoms with van der Waals surface area (Å²) in [7, 11) is 1.55. The lowest BCUT2D eigenvalue weighted by atomic mass is 10.3. The molecular formula is C12H13N3O2. The van der Waals surface area contributed by atoms with Crippen molar-refractivity contribution in [2.24, 2.45) is 0 Å². The van der Waals surface area contributed by atoms with Crippen LogP contribution in [0.25, 0.3) is 5.69 Å². The Kier molecular flexibility index (Phi) is 3.09. The molecule has 0 bridgehead atoms. The number of nitrogens with zero attached hydrogens (tertiary/aromatic N) is 2. The molecule has 2 aromatic rings. The fraction of sp³-hybridized carbons (Fsp3) is 0.167. The standard InChI is InChI=1S/C12H13N3O2/c1-9-11(13-8-16)15(14-12(9)17-2)10-6-4-3-5-7-10/h3-8H,1-2H3,(H,13,16). The van der Waals surface area contributed by atoms with Gasteiger partial charge in [-0.2, -0.15) is 0 Å². The molecule has 17 heavy (non-hydrogen) atoms. The molecule has 1 aromatic heterocycles. The molecule has 2 rings (SSSR count). The summed E-state index contributed by atoms with van der Waals surface area (Å²) in [4.78, 5) is 10.6. The van der Waals surface area contributed by atoms with Gasteiger partial charge in [-0.3, -0.25) is 4.79 Å². The Morgan fingerprint density at radius 1 is 1.35 bits per heavy atom.